The number of fused-ring (bicyclic) bond motifs is 1. The van der Waals surface area contributed by atoms with E-state index in [4.69, 9.17) is 11.6 Å². The van der Waals surface area contributed by atoms with Gasteiger partial charge in [-0.15, -0.1) is 0 Å². The summed E-state index contributed by atoms with van der Waals surface area (Å²) in [5.41, 5.74) is 1.51. The first-order chi connectivity index (χ1) is 10.1. The molecular formula is C12H8ClF2N5S. The fourth-order valence-corrected chi connectivity index (χ4v) is 2.54. The Hall–Kier alpha value is -2.06. The lowest BCUT2D eigenvalue weighted by Crippen LogP contribution is -2.04. The van der Waals surface area contributed by atoms with Crippen molar-refractivity contribution in [2.75, 3.05) is 17.7 Å². The summed E-state index contributed by atoms with van der Waals surface area (Å²) in [7, 11) is 1.49. The van der Waals surface area contributed by atoms with Gasteiger partial charge in [0, 0.05) is 13.1 Å². The summed E-state index contributed by atoms with van der Waals surface area (Å²) in [6.07, 6.45) is 0. The molecule has 108 valence electrons. The fourth-order valence-electron chi connectivity index (χ4n) is 1.79. The number of rotatable bonds is 3. The summed E-state index contributed by atoms with van der Waals surface area (Å²) in [4.78, 5) is 3.84. The summed E-state index contributed by atoms with van der Waals surface area (Å²) < 4.78 is 35.4. The van der Waals surface area contributed by atoms with Gasteiger partial charge < -0.3 is 10.6 Å². The SMILES string of the molecule is CNc1nc(Nc2c(Cl)ccc3nsnc23)c(F)cc1F. The minimum atomic E-state index is -0.831. The van der Waals surface area contributed by atoms with Crippen LogP contribution in [0.4, 0.5) is 26.1 Å². The third kappa shape index (κ3) is 2.47. The molecule has 2 N–H and O–H groups in total. The van der Waals surface area contributed by atoms with Gasteiger partial charge in [0.05, 0.1) is 22.4 Å². The van der Waals surface area contributed by atoms with Crippen molar-refractivity contribution in [2.24, 2.45) is 0 Å². The second kappa shape index (κ2) is 5.38. The minimum absolute atomic E-state index is 0.0707. The average molecular weight is 328 g/mol. The smallest absolute Gasteiger partial charge is 0.169 e. The van der Waals surface area contributed by atoms with Crippen LogP contribution >= 0.6 is 23.3 Å². The molecular weight excluding hydrogens is 320 g/mol. The maximum atomic E-state index is 13.8. The first-order valence-corrected chi connectivity index (χ1v) is 6.92. The highest BCUT2D eigenvalue weighted by Gasteiger charge is 2.15. The average Bonchev–Trinajstić information content (AvgIpc) is 2.93. The van der Waals surface area contributed by atoms with E-state index in [-0.39, 0.29) is 11.6 Å². The molecule has 0 bridgehead atoms. The maximum absolute atomic E-state index is 13.8. The van der Waals surface area contributed by atoms with E-state index in [1.165, 1.54) is 7.05 Å². The second-order valence-corrected chi connectivity index (χ2v) is 5.01. The van der Waals surface area contributed by atoms with E-state index in [1.54, 1.807) is 12.1 Å². The van der Waals surface area contributed by atoms with Crippen LogP contribution in [0.5, 0.6) is 0 Å². The molecule has 0 spiro atoms. The van der Waals surface area contributed by atoms with E-state index < -0.39 is 11.6 Å². The molecule has 2 aromatic heterocycles. The van der Waals surface area contributed by atoms with Crippen LogP contribution in [0.1, 0.15) is 0 Å². The predicted octanol–water partition coefficient (Wildman–Crippen LogP) is 3.80. The molecule has 5 nitrogen and oxygen atoms in total. The van der Waals surface area contributed by atoms with Crippen LogP contribution in [-0.2, 0) is 0 Å². The number of anilines is 3. The number of hydrogen-bond donors (Lipinski definition) is 2. The Kier molecular flexibility index (Phi) is 3.56. The number of nitrogens with one attached hydrogen (secondary N) is 2. The summed E-state index contributed by atoms with van der Waals surface area (Å²) in [6.45, 7) is 0. The number of halogens is 3. The Labute approximate surface area is 127 Å². The molecule has 0 aliphatic rings. The van der Waals surface area contributed by atoms with Crippen LogP contribution in [0.15, 0.2) is 18.2 Å². The molecule has 1 aromatic carbocycles. The molecule has 0 aliphatic heterocycles. The van der Waals surface area contributed by atoms with Crippen molar-refractivity contribution in [2.45, 2.75) is 0 Å². The Morgan fingerprint density at radius 3 is 2.67 bits per heavy atom. The number of pyridine rings is 1. The molecule has 9 heteroatoms. The zero-order valence-electron chi connectivity index (χ0n) is 10.6. The molecule has 3 aromatic rings. The van der Waals surface area contributed by atoms with E-state index in [0.717, 1.165) is 17.8 Å². The Balaban J connectivity index is 2.10. The Morgan fingerprint density at radius 1 is 1.14 bits per heavy atom. The van der Waals surface area contributed by atoms with E-state index in [2.05, 4.69) is 24.4 Å². The first-order valence-electron chi connectivity index (χ1n) is 5.81. The minimum Gasteiger partial charge on any atom is -0.371 e. The third-order valence-electron chi connectivity index (χ3n) is 2.79. The van der Waals surface area contributed by atoms with Crippen LogP contribution < -0.4 is 10.6 Å². The standard InChI is InChI=1S/C12H8ClF2N5S/c1-16-11-6(14)4-7(15)12(18-11)17-9-5(13)2-3-8-10(9)20-21-19-8/h2-4H,1H3,(H2,16,17,18). The monoisotopic (exact) mass is 327 g/mol. The highest BCUT2D eigenvalue weighted by Crippen LogP contribution is 2.33. The highest BCUT2D eigenvalue weighted by atomic mass is 35.5. The molecule has 3 rings (SSSR count). The largest absolute Gasteiger partial charge is 0.371 e. The quantitative estimate of drug-likeness (QED) is 0.766. The molecule has 0 saturated carbocycles. The Bertz CT molecular complexity index is 823. The zero-order valence-corrected chi connectivity index (χ0v) is 12.2. The first kappa shape index (κ1) is 13.9. The van der Waals surface area contributed by atoms with Crippen LogP contribution in [0.2, 0.25) is 5.02 Å². The van der Waals surface area contributed by atoms with E-state index in [1.807, 2.05) is 0 Å². The molecule has 2 heterocycles. The van der Waals surface area contributed by atoms with Gasteiger partial charge in [0.15, 0.2) is 23.3 Å². The van der Waals surface area contributed by atoms with Gasteiger partial charge in [0.25, 0.3) is 0 Å². The lowest BCUT2D eigenvalue weighted by molar-refractivity contribution is 0.580. The van der Waals surface area contributed by atoms with E-state index in [9.17, 15) is 8.78 Å². The summed E-state index contributed by atoms with van der Waals surface area (Å²) in [6, 6.07) is 4.07. The van der Waals surface area contributed by atoms with Crippen molar-refractivity contribution in [1.82, 2.24) is 13.7 Å². The molecule has 0 amide bonds. The van der Waals surface area contributed by atoms with Gasteiger partial charge in [0.2, 0.25) is 0 Å². The van der Waals surface area contributed by atoms with Crippen molar-refractivity contribution in [3.05, 3.63) is 34.9 Å². The lowest BCUT2D eigenvalue weighted by atomic mass is 10.2. The molecule has 0 unspecified atom stereocenters. The molecule has 0 atom stereocenters. The van der Waals surface area contributed by atoms with Crippen molar-refractivity contribution in [1.29, 1.82) is 0 Å². The van der Waals surface area contributed by atoms with Crippen LogP contribution in [0.3, 0.4) is 0 Å². The normalized spacial score (nSPS) is 10.9. The predicted molar refractivity (Wildman–Crippen MR) is 79.4 cm³/mol. The van der Waals surface area contributed by atoms with Crippen LogP contribution in [0.25, 0.3) is 11.0 Å². The number of benzene rings is 1. The van der Waals surface area contributed by atoms with E-state index >= 15 is 0 Å². The van der Waals surface area contributed by atoms with Gasteiger partial charge in [-0.2, -0.15) is 8.75 Å². The van der Waals surface area contributed by atoms with Crippen molar-refractivity contribution < 1.29 is 8.78 Å². The highest BCUT2D eigenvalue weighted by molar-refractivity contribution is 7.00. The van der Waals surface area contributed by atoms with Crippen LogP contribution in [0, 0.1) is 11.6 Å². The number of aromatic nitrogens is 3. The number of nitrogens with zero attached hydrogens (tertiary/aromatic N) is 3. The topological polar surface area (TPSA) is 62.7 Å². The Morgan fingerprint density at radius 2 is 1.90 bits per heavy atom. The van der Waals surface area contributed by atoms with Gasteiger partial charge in [-0.1, -0.05) is 11.6 Å². The second-order valence-electron chi connectivity index (χ2n) is 4.08. The van der Waals surface area contributed by atoms with Crippen LogP contribution in [-0.4, -0.2) is 20.8 Å². The van der Waals surface area contributed by atoms with E-state index in [0.29, 0.717) is 21.7 Å². The summed E-state index contributed by atoms with van der Waals surface area (Å²) in [5.74, 6) is -1.83. The summed E-state index contributed by atoms with van der Waals surface area (Å²) >= 11 is 7.12. The van der Waals surface area contributed by atoms with Gasteiger partial charge in [0.1, 0.15) is 11.0 Å². The zero-order chi connectivity index (χ0) is 15.0. The van der Waals surface area contributed by atoms with Crippen molar-refractivity contribution >= 4 is 51.7 Å². The van der Waals surface area contributed by atoms with Gasteiger partial charge in [-0.3, -0.25) is 0 Å². The molecule has 0 radical (unpaired) electrons. The van der Waals surface area contributed by atoms with Crippen molar-refractivity contribution in [3.63, 3.8) is 0 Å². The van der Waals surface area contributed by atoms with Gasteiger partial charge in [-0.25, -0.2) is 13.8 Å². The maximum Gasteiger partial charge on any atom is 0.169 e. The molecule has 0 saturated heterocycles. The lowest BCUT2D eigenvalue weighted by Gasteiger charge is -2.11. The summed E-state index contributed by atoms with van der Waals surface area (Å²) in [5, 5.41) is 5.63. The van der Waals surface area contributed by atoms with Gasteiger partial charge in [-0.05, 0) is 12.1 Å². The van der Waals surface area contributed by atoms with Gasteiger partial charge >= 0.3 is 0 Å². The fraction of sp³-hybridized carbons (Fsp3) is 0.0833. The molecule has 21 heavy (non-hydrogen) atoms. The van der Waals surface area contributed by atoms with Crippen molar-refractivity contribution in [3.8, 4) is 0 Å². The number of hydrogen-bond acceptors (Lipinski definition) is 6. The molecule has 0 aliphatic carbocycles. The third-order valence-corrected chi connectivity index (χ3v) is 3.64. The molecule has 0 fully saturated rings.